The number of hydrogen-bond donors (Lipinski definition) is 1. The predicted octanol–water partition coefficient (Wildman–Crippen LogP) is 6.21. The number of likely N-dealkylation sites (tertiary alicyclic amines) is 1. The van der Waals surface area contributed by atoms with Crippen molar-refractivity contribution in [2.75, 3.05) is 6.54 Å². The first-order chi connectivity index (χ1) is 14.6. The van der Waals surface area contributed by atoms with Crippen LogP contribution in [0, 0.1) is 0 Å². The lowest BCUT2D eigenvalue weighted by molar-refractivity contribution is -0.137. The fourth-order valence-corrected chi connectivity index (χ4v) is 4.33. The first kappa shape index (κ1) is 22.2. The van der Waals surface area contributed by atoms with Crippen molar-refractivity contribution in [2.45, 2.75) is 77.4 Å². The molecule has 1 aliphatic carbocycles. The summed E-state index contributed by atoms with van der Waals surface area (Å²) >= 11 is 0. The van der Waals surface area contributed by atoms with Gasteiger partial charge in [0.2, 0.25) is 0 Å². The molecular formula is C26H35NO3. The maximum absolute atomic E-state index is 10.7. The zero-order valence-electron chi connectivity index (χ0n) is 18.2. The lowest BCUT2D eigenvalue weighted by atomic mass is 10.0. The molecule has 30 heavy (non-hydrogen) atoms. The molecule has 0 saturated carbocycles. The monoisotopic (exact) mass is 409 g/mol. The van der Waals surface area contributed by atoms with Crippen LogP contribution >= 0.6 is 0 Å². The van der Waals surface area contributed by atoms with E-state index in [2.05, 4.69) is 42.2 Å². The summed E-state index contributed by atoms with van der Waals surface area (Å²) in [5.41, 5.74) is 3.86. The largest absolute Gasteiger partial charge is 0.489 e. The van der Waals surface area contributed by atoms with E-state index in [0.29, 0.717) is 12.6 Å². The summed E-state index contributed by atoms with van der Waals surface area (Å²) in [7, 11) is 0. The molecule has 0 radical (unpaired) electrons. The standard InChI is InChI=1S/C26H35NO3/c1-21-10-8-15-25(30-20-22-11-4-2-5-12-22)19-24(18-21)27-17-9-14-23(27)13-6-3-7-16-26(28)29/h2,4-5,11-12,15,18-19,23H,3,6-10,13-14,16-17,20H2,1H3,(H,28,29)/b21-18-,24-19+,25-15+/t23-/m1/s1. The number of carboxylic acids is 1. The molecule has 0 aromatic heterocycles. The van der Waals surface area contributed by atoms with E-state index in [0.717, 1.165) is 50.8 Å². The third-order valence-electron chi connectivity index (χ3n) is 5.95. The summed E-state index contributed by atoms with van der Waals surface area (Å²) in [5.74, 6) is 0.275. The van der Waals surface area contributed by atoms with Crippen LogP contribution < -0.4 is 0 Å². The second-order valence-corrected chi connectivity index (χ2v) is 8.46. The van der Waals surface area contributed by atoms with E-state index in [1.807, 2.05) is 18.2 Å². The van der Waals surface area contributed by atoms with E-state index in [4.69, 9.17) is 9.84 Å². The molecule has 162 valence electrons. The SMILES string of the molecule is C/C1=C/C(N2CCC[C@H]2CCCCCC(=O)O)=C\C(OCc2ccccc2)=C/CC1. The quantitative estimate of drug-likeness (QED) is 0.467. The Bertz CT molecular complexity index is 779. The molecule has 4 heteroatoms. The van der Waals surface area contributed by atoms with E-state index < -0.39 is 5.97 Å². The molecule has 3 rings (SSSR count). The fourth-order valence-electron chi connectivity index (χ4n) is 4.33. The van der Waals surface area contributed by atoms with Crippen molar-refractivity contribution in [3.05, 3.63) is 71.2 Å². The number of rotatable bonds is 10. The van der Waals surface area contributed by atoms with Gasteiger partial charge in [0.1, 0.15) is 12.4 Å². The Balaban J connectivity index is 1.63. The van der Waals surface area contributed by atoms with Gasteiger partial charge in [-0.15, -0.1) is 0 Å². The zero-order valence-corrected chi connectivity index (χ0v) is 18.2. The molecule has 1 heterocycles. The van der Waals surface area contributed by atoms with Crippen LogP contribution in [-0.4, -0.2) is 28.6 Å². The Morgan fingerprint density at radius 2 is 2.00 bits per heavy atom. The van der Waals surface area contributed by atoms with Gasteiger partial charge in [-0.2, -0.15) is 0 Å². The number of carbonyl (C=O) groups is 1. The van der Waals surface area contributed by atoms with Crippen molar-refractivity contribution in [3.63, 3.8) is 0 Å². The van der Waals surface area contributed by atoms with Crippen molar-refractivity contribution in [3.8, 4) is 0 Å². The Labute approximate surface area is 180 Å². The van der Waals surface area contributed by atoms with Gasteiger partial charge in [0.25, 0.3) is 0 Å². The third kappa shape index (κ3) is 7.08. The molecule has 1 saturated heterocycles. The maximum Gasteiger partial charge on any atom is 0.303 e. The Hall–Kier alpha value is -2.49. The van der Waals surface area contributed by atoms with Crippen LogP contribution in [0.1, 0.15) is 70.3 Å². The lowest BCUT2D eigenvalue weighted by Gasteiger charge is -2.29. The van der Waals surface area contributed by atoms with Crippen molar-refractivity contribution < 1.29 is 14.6 Å². The summed E-state index contributed by atoms with van der Waals surface area (Å²) in [6, 6.07) is 10.9. The van der Waals surface area contributed by atoms with E-state index in [1.54, 1.807) is 0 Å². The molecule has 2 aliphatic rings. The zero-order chi connectivity index (χ0) is 21.2. The minimum Gasteiger partial charge on any atom is -0.489 e. The topological polar surface area (TPSA) is 49.8 Å². The van der Waals surface area contributed by atoms with Crippen molar-refractivity contribution in [1.82, 2.24) is 4.90 Å². The van der Waals surface area contributed by atoms with Crippen molar-refractivity contribution in [2.24, 2.45) is 0 Å². The molecule has 0 spiro atoms. The summed E-state index contributed by atoms with van der Waals surface area (Å²) in [4.78, 5) is 13.3. The molecule has 0 unspecified atom stereocenters. The summed E-state index contributed by atoms with van der Waals surface area (Å²) in [6.07, 6.45) is 15.6. The Morgan fingerprint density at radius 1 is 1.17 bits per heavy atom. The Kier molecular flexibility index (Phi) is 8.61. The molecule has 4 nitrogen and oxygen atoms in total. The van der Waals surface area contributed by atoms with Gasteiger partial charge in [0.05, 0.1) is 0 Å². The second kappa shape index (κ2) is 11.6. The second-order valence-electron chi connectivity index (χ2n) is 8.46. The van der Waals surface area contributed by atoms with Gasteiger partial charge in [-0.1, -0.05) is 48.7 Å². The molecule has 1 atom stereocenters. The number of aliphatic carboxylic acids is 1. The average Bonchev–Trinajstić information content (AvgIpc) is 3.18. The molecule has 1 aromatic rings. The highest BCUT2D eigenvalue weighted by atomic mass is 16.5. The lowest BCUT2D eigenvalue weighted by Crippen LogP contribution is -2.28. The molecule has 1 N–H and O–H groups in total. The minimum atomic E-state index is -0.687. The predicted molar refractivity (Wildman–Crippen MR) is 121 cm³/mol. The third-order valence-corrected chi connectivity index (χ3v) is 5.95. The van der Waals surface area contributed by atoms with Gasteiger partial charge in [-0.05, 0) is 63.2 Å². The molecule has 1 fully saturated rings. The van der Waals surface area contributed by atoms with Gasteiger partial charge in [-0.3, -0.25) is 4.79 Å². The molecule has 0 bridgehead atoms. The first-order valence-electron chi connectivity index (χ1n) is 11.4. The van der Waals surface area contributed by atoms with Crippen LogP contribution in [0.2, 0.25) is 0 Å². The number of hydrogen-bond acceptors (Lipinski definition) is 3. The maximum atomic E-state index is 10.7. The van der Waals surface area contributed by atoms with Crippen LogP contribution in [0.3, 0.4) is 0 Å². The van der Waals surface area contributed by atoms with Gasteiger partial charge in [0.15, 0.2) is 0 Å². The molecular weight excluding hydrogens is 374 g/mol. The van der Waals surface area contributed by atoms with E-state index >= 15 is 0 Å². The number of allylic oxidation sites excluding steroid dienone is 4. The van der Waals surface area contributed by atoms with Crippen LogP contribution in [0.5, 0.6) is 0 Å². The van der Waals surface area contributed by atoms with Crippen LogP contribution in [0.25, 0.3) is 0 Å². The van der Waals surface area contributed by atoms with Gasteiger partial charge >= 0.3 is 5.97 Å². The highest BCUT2D eigenvalue weighted by Gasteiger charge is 2.25. The van der Waals surface area contributed by atoms with Gasteiger partial charge < -0.3 is 14.7 Å². The van der Waals surface area contributed by atoms with Gasteiger partial charge in [-0.25, -0.2) is 0 Å². The fraction of sp³-hybridized carbons (Fsp3) is 0.500. The molecule has 1 aliphatic heterocycles. The number of carboxylic acid groups (broad SMARTS) is 1. The smallest absolute Gasteiger partial charge is 0.303 e. The number of ether oxygens (including phenoxy) is 1. The van der Waals surface area contributed by atoms with Crippen molar-refractivity contribution in [1.29, 1.82) is 0 Å². The summed E-state index contributed by atoms with van der Waals surface area (Å²) < 4.78 is 6.17. The van der Waals surface area contributed by atoms with Crippen LogP contribution in [0.4, 0.5) is 0 Å². The number of nitrogens with zero attached hydrogens (tertiary/aromatic N) is 1. The minimum absolute atomic E-state index is 0.286. The highest BCUT2D eigenvalue weighted by molar-refractivity contribution is 5.66. The van der Waals surface area contributed by atoms with Crippen LogP contribution in [-0.2, 0) is 16.1 Å². The van der Waals surface area contributed by atoms with E-state index in [-0.39, 0.29) is 6.42 Å². The highest BCUT2D eigenvalue weighted by Crippen LogP contribution is 2.30. The number of unbranched alkanes of at least 4 members (excludes halogenated alkanes) is 2. The van der Waals surface area contributed by atoms with Crippen LogP contribution in [0.15, 0.2) is 65.6 Å². The molecule has 1 aromatic carbocycles. The average molecular weight is 410 g/mol. The van der Waals surface area contributed by atoms with Crippen molar-refractivity contribution >= 4 is 5.97 Å². The normalized spacial score (nSPS) is 24.6. The number of benzene rings is 1. The van der Waals surface area contributed by atoms with Gasteiger partial charge in [0, 0.05) is 30.8 Å². The van der Waals surface area contributed by atoms with E-state index in [9.17, 15) is 4.79 Å². The summed E-state index contributed by atoms with van der Waals surface area (Å²) in [6.45, 7) is 3.89. The Morgan fingerprint density at radius 3 is 2.80 bits per heavy atom. The first-order valence-corrected chi connectivity index (χ1v) is 11.4. The van der Waals surface area contributed by atoms with E-state index in [1.165, 1.54) is 29.7 Å². The summed E-state index contributed by atoms with van der Waals surface area (Å²) in [5, 5.41) is 8.81. The molecule has 0 amide bonds.